The number of hydrogen-bond donors (Lipinski definition) is 0. The van der Waals surface area contributed by atoms with Gasteiger partial charge in [0.05, 0.1) is 18.8 Å². The average molecular weight is 349 g/mol. The van der Waals surface area contributed by atoms with E-state index >= 15 is 0 Å². The summed E-state index contributed by atoms with van der Waals surface area (Å²) in [5.74, 6) is 1.29. The topological polar surface area (TPSA) is 35.5 Å². The van der Waals surface area contributed by atoms with Crippen LogP contribution in [0.1, 0.15) is 29.8 Å². The molecule has 0 unspecified atom stereocenters. The molecule has 0 spiro atoms. The highest BCUT2D eigenvalue weighted by Crippen LogP contribution is 2.26. The van der Waals surface area contributed by atoms with Crippen LogP contribution in [0.25, 0.3) is 0 Å². The standard InChI is InChI=1S/C17H17BrO3/c1-3-20-14-8-5-12(6-9-14)17(19)15-11-13(18)7-10-16(15)21-4-2/h5-11H,3-4H2,1-2H3. The minimum Gasteiger partial charge on any atom is -0.494 e. The summed E-state index contributed by atoms with van der Waals surface area (Å²) in [5, 5.41) is 0. The molecule has 3 nitrogen and oxygen atoms in total. The third-order valence-electron chi connectivity index (χ3n) is 2.91. The van der Waals surface area contributed by atoms with Crippen molar-refractivity contribution in [2.24, 2.45) is 0 Å². The number of carbonyl (C=O) groups is 1. The number of hydrogen-bond acceptors (Lipinski definition) is 3. The van der Waals surface area contributed by atoms with Gasteiger partial charge in [0, 0.05) is 10.0 Å². The zero-order valence-corrected chi connectivity index (χ0v) is 13.6. The quantitative estimate of drug-likeness (QED) is 0.722. The van der Waals surface area contributed by atoms with E-state index in [1.165, 1.54) is 0 Å². The highest BCUT2D eigenvalue weighted by Gasteiger charge is 2.15. The molecule has 0 aliphatic carbocycles. The predicted octanol–water partition coefficient (Wildman–Crippen LogP) is 4.48. The molecular weight excluding hydrogens is 332 g/mol. The van der Waals surface area contributed by atoms with Gasteiger partial charge in [-0.15, -0.1) is 0 Å². The van der Waals surface area contributed by atoms with Crippen molar-refractivity contribution in [2.45, 2.75) is 13.8 Å². The lowest BCUT2D eigenvalue weighted by Crippen LogP contribution is -2.05. The van der Waals surface area contributed by atoms with Crippen LogP contribution in [0.5, 0.6) is 11.5 Å². The van der Waals surface area contributed by atoms with Gasteiger partial charge in [0.1, 0.15) is 11.5 Å². The average Bonchev–Trinajstić information content (AvgIpc) is 2.50. The second kappa shape index (κ2) is 7.27. The van der Waals surface area contributed by atoms with Crippen LogP contribution < -0.4 is 9.47 Å². The van der Waals surface area contributed by atoms with Crippen LogP contribution in [0.4, 0.5) is 0 Å². The third-order valence-corrected chi connectivity index (χ3v) is 3.41. The van der Waals surface area contributed by atoms with Gasteiger partial charge in [-0.3, -0.25) is 4.79 Å². The van der Waals surface area contributed by atoms with Crippen LogP contribution in [0, 0.1) is 0 Å². The van der Waals surface area contributed by atoms with E-state index in [9.17, 15) is 4.79 Å². The SMILES string of the molecule is CCOc1ccc(C(=O)c2cc(Br)ccc2OCC)cc1. The molecule has 0 heterocycles. The van der Waals surface area contributed by atoms with E-state index in [0.717, 1.165) is 10.2 Å². The van der Waals surface area contributed by atoms with E-state index in [1.807, 2.05) is 19.9 Å². The number of ketones is 1. The Labute approximate surface area is 133 Å². The summed E-state index contributed by atoms with van der Waals surface area (Å²) in [6.45, 7) is 4.95. The molecule has 0 saturated heterocycles. The second-order valence-corrected chi connectivity index (χ2v) is 5.28. The first-order valence-corrected chi connectivity index (χ1v) is 7.65. The lowest BCUT2D eigenvalue weighted by Gasteiger charge is -2.10. The van der Waals surface area contributed by atoms with Crippen LogP contribution in [0.3, 0.4) is 0 Å². The van der Waals surface area contributed by atoms with Crippen molar-refractivity contribution in [2.75, 3.05) is 13.2 Å². The predicted molar refractivity (Wildman–Crippen MR) is 86.4 cm³/mol. The van der Waals surface area contributed by atoms with E-state index in [-0.39, 0.29) is 5.78 Å². The van der Waals surface area contributed by atoms with Crippen molar-refractivity contribution >= 4 is 21.7 Å². The molecule has 21 heavy (non-hydrogen) atoms. The van der Waals surface area contributed by atoms with Crippen molar-refractivity contribution in [3.63, 3.8) is 0 Å². The smallest absolute Gasteiger partial charge is 0.196 e. The molecule has 0 radical (unpaired) electrons. The molecule has 0 amide bonds. The Hall–Kier alpha value is -1.81. The normalized spacial score (nSPS) is 10.2. The fourth-order valence-electron chi connectivity index (χ4n) is 1.99. The summed E-state index contributed by atoms with van der Waals surface area (Å²) in [5.41, 5.74) is 1.16. The molecular formula is C17H17BrO3. The molecule has 0 aliphatic rings. The number of benzene rings is 2. The highest BCUT2D eigenvalue weighted by molar-refractivity contribution is 9.10. The monoisotopic (exact) mass is 348 g/mol. The molecule has 2 rings (SSSR count). The van der Waals surface area contributed by atoms with Gasteiger partial charge in [-0.1, -0.05) is 15.9 Å². The Bertz CT molecular complexity index is 620. The molecule has 4 heteroatoms. The fraction of sp³-hybridized carbons (Fsp3) is 0.235. The summed E-state index contributed by atoms with van der Waals surface area (Å²) in [6, 6.07) is 12.6. The maximum atomic E-state index is 12.6. The van der Waals surface area contributed by atoms with E-state index in [0.29, 0.717) is 30.1 Å². The Kier molecular flexibility index (Phi) is 5.39. The van der Waals surface area contributed by atoms with Gasteiger partial charge >= 0.3 is 0 Å². The minimum absolute atomic E-state index is 0.0669. The van der Waals surface area contributed by atoms with Gasteiger partial charge < -0.3 is 9.47 Å². The summed E-state index contributed by atoms with van der Waals surface area (Å²) in [4.78, 5) is 12.6. The van der Waals surface area contributed by atoms with Gasteiger partial charge in [-0.25, -0.2) is 0 Å². The number of carbonyl (C=O) groups excluding carboxylic acids is 1. The molecule has 0 aliphatic heterocycles. The first-order chi connectivity index (χ1) is 10.2. The van der Waals surface area contributed by atoms with Crippen LogP contribution in [-0.4, -0.2) is 19.0 Å². The van der Waals surface area contributed by atoms with Crippen molar-refractivity contribution in [1.82, 2.24) is 0 Å². The van der Waals surface area contributed by atoms with Crippen LogP contribution in [0.15, 0.2) is 46.9 Å². The van der Waals surface area contributed by atoms with Gasteiger partial charge in [-0.05, 0) is 56.3 Å². The van der Waals surface area contributed by atoms with Crippen LogP contribution >= 0.6 is 15.9 Å². The van der Waals surface area contributed by atoms with E-state index < -0.39 is 0 Å². The van der Waals surface area contributed by atoms with Gasteiger partial charge in [0.25, 0.3) is 0 Å². The molecule has 0 N–H and O–H groups in total. The molecule has 0 bridgehead atoms. The Morgan fingerprint density at radius 3 is 2.29 bits per heavy atom. The number of halogens is 1. The van der Waals surface area contributed by atoms with Crippen LogP contribution in [-0.2, 0) is 0 Å². The summed E-state index contributed by atoms with van der Waals surface area (Å²) >= 11 is 3.39. The van der Waals surface area contributed by atoms with E-state index in [2.05, 4.69) is 15.9 Å². The van der Waals surface area contributed by atoms with E-state index in [4.69, 9.17) is 9.47 Å². The minimum atomic E-state index is -0.0669. The lowest BCUT2D eigenvalue weighted by molar-refractivity contribution is 0.103. The second-order valence-electron chi connectivity index (χ2n) is 4.36. The molecule has 0 fully saturated rings. The fourth-order valence-corrected chi connectivity index (χ4v) is 2.35. The first kappa shape index (κ1) is 15.6. The Morgan fingerprint density at radius 2 is 1.67 bits per heavy atom. The lowest BCUT2D eigenvalue weighted by atomic mass is 10.0. The van der Waals surface area contributed by atoms with E-state index in [1.54, 1.807) is 36.4 Å². The van der Waals surface area contributed by atoms with Gasteiger partial charge in [0.2, 0.25) is 0 Å². The molecule has 2 aromatic rings. The van der Waals surface area contributed by atoms with Crippen LogP contribution in [0.2, 0.25) is 0 Å². The zero-order valence-electron chi connectivity index (χ0n) is 12.1. The van der Waals surface area contributed by atoms with Gasteiger partial charge in [0.15, 0.2) is 5.78 Å². The van der Waals surface area contributed by atoms with Crippen molar-refractivity contribution in [1.29, 1.82) is 0 Å². The molecule has 0 atom stereocenters. The third kappa shape index (κ3) is 3.85. The zero-order chi connectivity index (χ0) is 15.2. The summed E-state index contributed by atoms with van der Waals surface area (Å²) < 4.78 is 11.8. The Morgan fingerprint density at radius 1 is 1.00 bits per heavy atom. The first-order valence-electron chi connectivity index (χ1n) is 6.85. The highest BCUT2D eigenvalue weighted by atomic mass is 79.9. The maximum Gasteiger partial charge on any atom is 0.196 e. The molecule has 2 aromatic carbocycles. The van der Waals surface area contributed by atoms with Crippen molar-refractivity contribution < 1.29 is 14.3 Å². The summed E-state index contributed by atoms with van der Waals surface area (Å²) in [7, 11) is 0. The summed E-state index contributed by atoms with van der Waals surface area (Å²) in [6.07, 6.45) is 0. The Balaban J connectivity index is 2.32. The maximum absolute atomic E-state index is 12.6. The molecule has 0 saturated carbocycles. The molecule has 110 valence electrons. The van der Waals surface area contributed by atoms with Crippen molar-refractivity contribution in [3.05, 3.63) is 58.1 Å². The number of ether oxygens (including phenoxy) is 2. The van der Waals surface area contributed by atoms with Gasteiger partial charge in [-0.2, -0.15) is 0 Å². The number of rotatable bonds is 6. The van der Waals surface area contributed by atoms with Crippen molar-refractivity contribution in [3.8, 4) is 11.5 Å². The molecule has 0 aromatic heterocycles. The largest absolute Gasteiger partial charge is 0.494 e.